The summed E-state index contributed by atoms with van der Waals surface area (Å²) in [6.07, 6.45) is 0. The topological polar surface area (TPSA) is 111 Å². The van der Waals surface area contributed by atoms with Crippen molar-refractivity contribution in [2.24, 2.45) is 0 Å². The molecule has 4 aromatic rings. The molecule has 0 aliphatic carbocycles. The summed E-state index contributed by atoms with van der Waals surface area (Å²) >= 11 is 0. The van der Waals surface area contributed by atoms with Gasteiger partial charge in [0.15, 0.2) is 23.2 Å². The molecule has 0 saturated heterocycles. The quantitative estimate of drug-likeness (QED) is 0.384. The molecule has 0 fully saturated rings. The van der Waals surface area contributed by atoms with Crippen LogP contribution in [0.2, 0.25) is 0 Å². The predicted molar refractivity (Wildman–Crippen MR) is 127 cm³/mol. The fourth-order valence-corrected chi connectivity index (χ4v) is 4.34. The molecule has 2 aromatic heterocycles. The van der Waals surface area contributed by atoms with Gasteiger partial charge in [0, 0.05) is 17.1 Å². The Hall–Kier alpha value is -3.99. The van der Waals surface area contributed by atoms with E-state index in [4.69, 9.17) is 4.74 Å². The number of ether oxygens (including phenoxy) is 1. The highest BCUT2D eigenvalue weighted by atomic mass is 32.2. The van der Waals surface area contributed by atoms with Crippen molar-refractivity contribution >= 4 is 27.2 Å². The molecule has 0 atom stereocenters. The second-order valence-corrected chi connectivity index (χ2v) is 9.13. The van der Waals surface area contributed by atoms with E-state index in [9.17, 15) is 12.8 Å². The first-order valence-corrected chi connectivity index (χ1v) is 11.9. The SMILES string of the molecule is CCOc1ccc(S(=O)(=O)Nc2ccc(Nc3ccc(-n4nc(C)cc4C)nn3)cc2)cc1F. The fourth-order valence-electron chi connectivity index (χ4n) is 3.27. The Morgan fingerprint density at radius 1 is 0.971 bits per heavy atom. The zero-order valence-electron chi connectivity index (χ0n) is 18.8. The molecule has 2 heterocycles. The standard InChI is InChI=1S/C23H23FN6O3S/c1-4-33-21-10-9-19(14-20(21)24)34(31,32)29-18-7-5-17(6-8-18)25-22-11-12-23(27-26-22)30-16(3)13-15(2)28-30/h5-14,29H,4H2,1-3H3,(H,25,26). The minimum atomic E-state index is -3.97. The molecule has 4 rings (SSSR count). The van der Waals surface area contributed by atoms with Gasteiger partial charge in [0.25, 0.3) is 10.0 Å². The summed E-state index contributed by atoms with van der Waals surface area (Å²) in [6, 6.07) is 15.6. The van der Waals surface area contributed by atoms with Gasteiger partial charge in [-0.25, -0.2) is 17.5 Å². The largest absolute Gasteiger partial charge is 0.491 e. The lowest BCUT2D eigenvalue weighted by Gasteiger charge is -2.11. The van der Waals surface area contributed by atoms with E-state index in [-0.39, 0.29) is 17.3 Å². The van der Waals surface area contributed by atoms with Crippen LogP contribution in [0.4, 0.5) is 21.6 Å². The summed E-state index contributed by atoms with van der Waals surface area (Å²) in [4.78, 5) is -0.200. The van der Waals surface area contributed by atoms with Crippen LogP contribution in [0.3, 0.4) is 0 Å². The van der Waals surface area contributed by atoms with E-state index in [1.165, 1.54) is 12.1 Å². The van der Waals surface area contributed by atoms with Gasteiger partial charge in [0.2, 0.25) is 0 Å². The van der Waals surface area contributed by atoms with E-state index in [0.717, 1.165) is 17.5 Å². The van der Waals surface area contributed by atoms with Crippen molar-refractivity contribution in [1.29, 1.82) is 0 Å². The van der Waals surface area contributed by atoms with Crippen LogP contribution in [-0.2, 0) is 10.0 Å². The highest BCUT2D eigenvalue weighted by Crippen LogP contribution is 2.24. The fraction of sp³-hybridized carbons (Fsp3) is 0.174. The Bertz CT molecular complexity index is 1400. The van der Waals surface area contributed by atoms with Crippen LogP contribution in [0.15, 0.2) is 65.6 Å². The molecule has 0 aliphatic rings. The van der Waals surface area contributed by atoms with Crippen LogP contribution in [0.1, 0.15) is 18.3 Å². The minimum Gasteiger partial charge on any atom is -0.491 e. The van der Waals surface area contributed by atoms with Crippen LogP contribution >= 0.6 is 0 Å². The van der Waals surface area contributed by atoms with Crippen molar-refractivity contribution in [1.82, 2.24) is 20.0 Å². The van der Waals surface area contributed by atoms with Crippen molar-refractivity contribution in [3.63, 3.8) is 0 Å². The normalized spacial score (nSPS) is 11.3. The Morgan fingerprint density at radius 2 is 1.71 bits per heavy atom. The van der Waals surface area contributed by atoms with Crippen molar-refractivity contribution in [3.05, 3.63) is 77.9 Å². The van der Waals surface area contributed by atoms with Crippen LogP contribution < -0.4 is 14.8 Å². The molecule has 0 spiro atoms. The van der Waals surface area contributed by atoms with E-state index in [1.807, 2.05) is 19.9 Å². The van der Waals surface area contributed by atoms with Gasteiger partial charge in [-0.1, -0.05) is 0 Å². The van der Waals surface area contributed by atoms with E-state index < -0.39 is 15.8 Å². The first-order chi connectivity index (χ1) is 16.2. The third-order valence-corrected chi connectivity index (χ3v) is 6.18. The predicted octanol–water partition coefficient (Wildman–Crippen LogP) is 4.36. The van der Waals surface area contributed by atoms with Gasteiger partial charge in [-0.05, 0) is 81.4 Å². The zero-order valence-corrected chi connectivity index (χ0v) is 19.6. The van der Waals surface area contributed by atoms with E-state index in [0.29, 0.717) is 23.0 Å². The Kier molecular flexibility index (Phi) is 6.46. The second-order valence-electron chi connectivity index (χ2n) is 7.45. The number of benzene rings is 2. The van der Waals surface area contributed by atoms with Gasteiger partial charge in [-0.3, -0.25) is 4.72 Å². The van der Waals surface area contributed by atoms with Crippen molar-refractivity contribution < 1.29 is 17.5 Å². The molecule has 2 aromatic carbocycles. The molecular formula is C23H23FN6O3S. The first-order valence-electron chi connectivity index (χ1n) is 10.4. The molecule has 0 amide bonds. The first kappa shape index (κ1) is 23.2. The van der Waals surface area contributed by atoms with Gasteiger partial charge < -0.3 is 10.1 Å². The molecule has 34 heavy (non-hydrogen) atoms. The van der Waals surface area contributed by atoms with Crippen LogP contribution in [0.5, 0.6) is 5.75 Å². The summed E-state index contributed by atoms with van der Waals surface area (Å²) in [7, 11) is -3.97. The number of halogens is 1. The summed E-state index contributed by atoms with van der Waals surface area (Å²) in [5.74, 6) is 0.382. The summed E-state index contributed by atoms with van der Waals surface area (Å²) in [6.45, 7) is 5.85. The number of hydrogen-bond donors (Lipinski definition) is 2. The lowest BCUT2D eigenvalue weighted by atomic mass is 10.3. The van der Waals surface area contributed by atoms with Gasteiger partial charge in [0.1, 0.15) is 0 Å². The van der Waals surface area contributed by atoms with Crippen molar-refractivity contribution in [2.45, 2.75) is 25.7 Å². The molecule has 0 aliphatic heterocycles. The summed E-state index contributed by atoms with van der Waals surface area (Å²) in [5.41, 5.74) is 2.86. The third kappa shape index (κ3) is 5.15. The minimum absolute atomic E-state index is 0.00267. The number of aryl methyl sites for hydroxylation is 2. The number of aromatic nitrogens is 4. The average Bonchev–Trinajstić information content (AvgIpc) is 3.14. The van der Waals surface area contributed by atoms with Gasteiger partial charge in [-0.15, -0.1) is 10.2 Å². The van der Waals surface area contributed by atoms with Crippen LogP contribution in [-0.4, -0.2) is 35.0 Å². The molecule has 0 radical (unpaired) electrons. The van der Waals surface area contributed by atoms with Gasteiger partial charge >= 0.3 is 0 Å². The third-order valence-electron chi connectivity index (χ3n) is 4.80. The number of nitrogens with zero attached hydrogens (tertiary/aromatic N) is 4. The van der Waals surface area contributed by atoms with Gasteiger partial charge in [-0.2, -0.15) is 5.10 Å². The molecular weight excluding hydrogens is 459 g/mol. The molecule has 0 saturated carbocycles. The summed E-state index contributed by atoms with van der Waals surface area (Å²) in [5, 5.41) is 15.9. The van der Waals surface area contributed by atoms with E-state index >= 15 is 0 Å². The molecule has 0 unspecified atom stereocenters. The van der Waals surface area contributed by atoms with Crippen molar-refractivity contribution in [3.8, 4) is 11.6 Å². The Morgan fingerprint density at radius 3 is 2.29 bits per heavy atom. The average molecular weight is 483 g/mol. The van der Waals surface area contributed by atoms with Gasteiger partial charge in [0.05, 0.1) is 17.2 Å². The van der Waals surface area contributed by atoms with E-state index in [2.05, 4.69) is 25.3 Å². The van der Waals surface area contributed by atoms with Crippen LogP contribution in [0.25, 0.3) is 5.82 Å². The number of rotatable bonds is 8. The number of sulfonamides is 1. The Balaban J connectivity index is 1.43. The van der Waals surface area contributed by atoms with Crippen LogP contribution in [0, 0.1) is 19.7 Å². The highest BCUT2D eigenvalue weighted by Gasteiger charge is 2.17. The maximum absolute atomic E-state index is 14.1. The maximum Gasteiger partial charge on any atom is 0.262 e. The smallest absolute Gasteiger partial charge is 0.262 e. The number of hydrogen-bond acceptors (Lipinski definition) is 7. The maximum atomic E-state index is 14.1. The Labute approximate surface area is 196 Å². The second kappa shape index (κ2) is 9.48. The van der Waals surface area contributed by atoms with E-state index in [1.54, 1.807) is 48.0 Å². The lowest BCUT2D eigenvalue weighted by Crippen LogP contribution is -2.13. The lowest BCUT2D eigenvalue weighted by molar-refractivity contribution is 0.321. The molecule has 2 N–H and O–H groups in total. The highest BCUT2D eigenvalue weighted by molar-refractivity contribution is 7.92. The molecule has 9 nitrogen and oxygen atoms in total. The number of nitrogens with one attached hydrogen (secondary N) is 2. The molecule has 176 valence electrons. The monoisotopic (exact) mass is 482 g/mol. The zero-order chi connectivity index (χ0) is 24.3. The van der Waals surface area contributed by atoms with Crippen molar-refractivity contribution in [2.75, 3.05) is 16.6 Å². The molecule has 0 bridgehead atoms. The number of anilines is 3. The molecule has 11 heteroatoms. The summed E-state index contributed by atoms with van der Waals surface area (Å²) < 4.78 is 48.6.